The molecule has 0 unspecified atom stereocenters. The van der Waals surface area contributed by atoms with Gasteiger partial charge in [-0.15, -0.1) is 0 Å². The molecule has 14 heavy (non-hydrogen) atoms. The van der Waals surface area contributed by atoms with E-state index in [1.807, 2.05) is 6.20 Å². The molecule has 72 valence electrons. The zero-order chi connectivity index (χ0) is 9.80. The highest BCUT2D eigenvalue weighted by Gasteiger charge is 1.96. The molecule has 1 aromatic heterocycles. The van der Waals surface area contributed by atoms with Crippen LogP contribution in [0.4, 0.5) is 0 Å². The van der Waals surface area contributed by atoms with E-state index < -0.39 is 0 Å². The minimum Gasteiger partial charge on any atom is -0.351 e. The third-order valence-corrected chi connectivity index (χ3v) is 2.31. The summed E-state index contributed by atoms with van der Waals surface area (Å²) in [6, 6.07) is 8.62. The van der Waals surface area contributed by atoms with Crippen LogP contribution in [0.25, 0.3) is 0 Å². The van der Waals surface area contributed by atoms with Gasteiger partial charge in [0.25, 0.3) is 0 Å². The maximum atomic E-state index is 4.20. The van der Waals surface area contributed by atoms with Crippen LogP contribution in [-0.4, -0.2) is 9.97 Å². The molecule has 0 radical (unpaired) electrons. The quantitative estimate of drug-likeness (QED) is 0.783. The predicted octanol–water partition coefficient (Wildman–Crippen LogP) is 2.50. The first-order valence-electron chi connectivity index (χ1n) is 4.88. The molecule has 0 saturated carbocycles. The third-order valence-electron chi connectivity index (χ3n) is 2.31. The summed E-state index contributed by atoms with van der Waals surface area (Å²) in [6.45, 7) is 2.12. The molecule has 0 fully saturated rings. The van der Waals surface area contributed by atoms with E-state index in [0.29, 0.717) is 0 Å². The second-order valence-corrected chi connectivity index (χ2v) is 3.55. The van der Waals surface area contributed by atoms with Crippen molar-refractivity contribution in [2.24, 2.45) is 0 Å². The third kappa shape index (κ3) is 2.22. The average molecular weight is 186 g/mol. The SMILES string of the molecule is Cc1cccc(CCc2c[nH]cn2)c1. The van der Waals surface area contributed by atoms with Crippen molar-refractivity contribution in [2.75, 3.05) is 0 Å². The zero-order valence-electron chi connectivity index (χ0n) is 8.33. The number of aryl methyl sites for hydroxylation is 3. The fourth-order valence-corrected chi connectivity index (χ4v) is 1.57. The molecule has 0 aliphatic heterocycles. The highest BCUT2D eigenvalue weighted by Crippen LogP contribution is 2.07. The fourth-order valence-electron chi connectivity index (χ4n) is 1.57. The summed E-state index contributed by atoms with van der Waals surface area (Å²) in [5, 5.41) is 0. The van der Waals surface area contributed by atoms with Crippen molar-refractivity contribution in [3.8, 4) is 0 Å². The summed E-state index contributed by atoms with van der Waals surface area (Å²) in [7, 11) is 0. The highest BCUT2D eigenvalue weighted by atomic mass is 14.9. The molecule has 0 bridgehead atoms. The smallest absolute Gasteiger partial charge is 0.0923 e. The van der Waals surface area contributed by atoms with Gasteiger partial charge in [-0.2, -0.15) is 0 Å². The normalized spacial score (nSPS) is 10.4. The van der Waals surface area contributed by atoms with Crippen LogP contribution < -0.4 is 0 Å². The monoisotopic (exact) mass is 186 g/mol. The van der Waals surface area contributed by atoms with E-state index in [0.717, 1.165) is 18.5 Å². The maximum absolute atomic E-state index is 4.20. The van der Waals surface area contributed by atoms with Crippen LogP contribution >= 0.6 is 0 Å². The zero-order valence-corrected chi connectivity index (χ0v) is 8.33. The molecule has 2 nitrogen and oxygen atoms in total. The van der Waals surface area contributed by atoms with Crippen LogP contribution in [0.3, 0.4) is 0 Å². The van der Waals surface area contributed by atoms with Gasteiger partial charge in [0.15, 0.2) is 0 Å². The van der Waals surface area contributed by atoms with E-state index in [4.69, 9.17) is 0 Å². The summed E-state index contributed by atoms with van der Waals surface area (Å²) in [6.07, 6.45) is 5.75. The summed E-state index contributed by atoms with van der Waals surface area (Å²) >= 11 is 0. The van der Waals surface area contributed by atoms with E-state index in [-0.39, 0.29) is 0 Å². The predicted molar refractivity (Wildman–Crippen MR) is 57.2 cm³/mol. The average Bonchev–Trinajstić information content (AvgIpc) is 2.67. The van der Waals surface area contributed by atoms with Gasteiger partial charge in [-0.1, -0.05) is 29.8 Å². The molecule has 2 heteroatoms. The number of nitrogens with one attached hydrogen (secondary N) is 1. The molecule has 0 amide bonds. The molecule has 1 aromatic carbocycles. The minimum atomic E-state index is 1.01. The number of imidazole rings is 1. The van der Waals surface area contributed by atoms with Crippen LogP contribution in [0.1, 0.15) is 16.8 Å². The summed E-state index contributed by atoms with van der Waals surface area (Å²) in [4.78, 5) is 7.16. The van der Waals surface area contributed by atoms with Gasteiger partial charge in [-0.3, -0.25) is 0 Å². The molecular formula is C12H14N2. The Hall–Kier alpha value is -1.57. The first-order valence-corrected chi connectivity index (χ1v) is 4.88. The van der Waals surface area contributed by atoms with E-state index in [1.54, 1.807) is 6.33 Å². The van der Waals surface area contributed by atoms with Crippen molar-refractivity contribution in [2.45, 2.75) is 19.8 Å². The molecule has 0 aliphatic carbocycles. The molecule has 0 aliphatic rings. The molecular weight excluding hydrogens is 172 g/mol. The summed E-state index contributed by atoms with van der Waals surface area (Å²) in [5.74, 6) is 0. The van der Waals surface area contributed by atoms with Crippen molar-refractivity contribution in [3.05, 3.63) is 53.6 Å². The molecule has 2 aromatic rings. The Morgan fingerprint density at radius 2 is 2.21 bits per heavy atom. The van der Waals surface area contributed by atoms with Crippen molar-refractivity contribution < 1.29 is 0 Å². The fraction of sp³-hybridized carbons (Fsp3) is 0.250. The van der Waals surface area contributed by atoms with E-state index in [2.05, 4.69) is 41.2 Å². The number of rotatable bonds is 3. The Morgan fingerprint density at radius 1 is 1.29 bits per heavy atom. The van der Waals surface area contributed by atoms with Gasteiger partial charge in [0, 0.05) is 6.20 Å². The van der Waals surface area contributed by atoms with Crippen molar-refractivity contribution in [3.63, 3.8) is 0 Å². The Balaban J connectivity index is 1.98. The molecule has 1 heterocycles. The lowest BCUT2D eigenvalue weighted by atomic mass is 10.1. The van der Waals surface area contributed by atoms with Gasteiger partial charge in [-0.25, -0.2) is 4.98 Å². The van der Waals surface area contributed by atoms with Crippen LogP contribution in [-0.2, 0) is 12.8 Å². The van der Waals surface area contributed by atoms with Crippen molar-refractivity contribution >= 4 is 0 Å². The Bertz CT molecular complexity index is 390. The van der Waals surface area contributed by atoms with Crippen LogP contribution in [0.5, 0.6) is 0 Å². The standard InChI is InChI=1S/C12H14N2/c1-10-3-2-4-11(7-10)5-6-12-8-13-9-14-12/h2-4,7-9H,5-6H2,1H3,(H,13,14). The minimum absolute atomic E-state index is 1.01. The molecule has 0 atom stereocenters. The van der Waals surface area contributed by atoms with Gasteiger partial charge >= 0.3 is 0 Å². The van der Waals surface area contributed by atoms with Gasteiger partial charge in [0.1, 0.15) is 0 Å². The number of aromatic nitrogens is 2. The molecule has 0 spiro atoms. The van der Waals surface area contributed by atoms with E-state index in [1.165, 1.54) is 11.1 Å². The van der Waals surface area contributed by atoms with Crippen molar-refractivity contribution in [1.29, 1.82) is 0 Å². The van der Waals surface area contributed by atoms with Gasteiger partial charge in [-0.05, 0) is 25.3 Å². The lowest BCUT2D eigenvalue weighted by molar-refractivity contribution is 0.924. The molecule has 1 N–H and O–H groups in total. The van der Waals surface area contributed by atoms with Gasteiger partial charge < -0.3 is 4.98 Å². The lowest BCUT2D eigenvalue weighted by Gasteiger charge is -2.00. The maximum Gasteiger partial charge on any atom is 0.0923 e. The molecule has 0 saturated heterocycles. The second kappa shape index (κ2) is 4.09. The molecule has 2 rings (SSSR count). The van der Waals surface area contributed by atoms with Gasteiger partial charge in [0.05, 0.1) is 12.0 Å². The van der Waals surface area contributed by atoms with Crippen LogP contribution in [0, 0.1) is 6.92 Å². The van der Waals surface area contributed by atoms with Gasteiger partial charge in [0.2, 0.25) is 0 Å². The van der Waals surface area contributed by atoms with E-state index >= 15 is 0 Å². The number of nitrogens with zero attached hydrogens (tertiary/aromatic N) is 1. The Morgan fingerprint density at radius 3 is 2.93 bits per heavy atom. The number of H-pyrrole nitrogens is 1. The highest BCUT2D eigenvalue weighted by molar-refractivity contribution is 5.22. The van der Waals surface area contributed by atoms with Crippen molar-refractivity contribution in [1.82, 2.24) is 9.97 Å². The topological polar surface area (TPSA) is 28.7 Å². The largest absolute Gasteiger partial charge is 0.351 e. The Kier molecular flexibility index (Phi) is 2.63. The van der Waals surface area contributed by atoms with Crippen LogP contribution in [0.2, 0.25) is 0 Å². The number of hydrogen-bond acceptors (Lipinski definition) is 1. The Labute approximate surface area is 84.0 Å². The lowest BCUT2D eigenvalue weighted by Crippen LogP contribution is -1.91. The first kappa shape index (κ1) is 9.00. The van der Waals surface area contributed by atoms with Crippen LogP contribution in [0.15, 0.2) is 36.8 Å². The number of aromatic amines is 1. The summed E-state index contributed by atoms with van der Waals surface area (Å²) in [5.41, 5.74) is 3.84. The van der Waals surface area contributed by atoms with E-state index in [9.17, 15) is 0 Å². The second-order valence-electron chi connectivity index (χ2n) is 3.55. The first-order chi connectivity index (χ1) is 6.84. The number of benzene rings is 1. The summed E-state index contributed by atoms with van der Waals surface area (Å²) < 4.78 is 0. The number of hydrogen-bond donors (Lipinski definition) is 1.